The highest BCUT2D eigenvalue weighted by molar-refractivity contribution is 9.10. The van der Waals surface area contributed by atoms with Gasteiger partial charge in [-0.15, -0.1) is 0 Å². The molecule has 1 rings (SSSR count). The average Bonchev–Trinajstić information content (AvgIpc) is 2.17. The van der Waals surface area contributed by atoms with Crippen LogP contribution in [-0.4, -0.2) is 26.8 Å². The highest BCUT2D eigenvalue weighted by Gasteiger charge is 2.17. The van der Waals surface area contributed by atoms with Gasteiger partial charge < -0.3 is 0 Å². The van der Waals surface area contributed by atoms with Crippen molar-refractivity contribution in [2.24, 2.45) is 0 Å². The summed E-state index contributed by atoms with van der Waals surface area (Å²) in [6.07, 6.45) is 0. The lowest BCUT2D eigenvalue weighted by molar-refractivity contribution is 0.520. The van der Waals surface area contributed by atoms with Crippen LogP contribution in [0.4, 0.5) is 0 Å². The van der Waals surface area contributed by atoms with Gasteiger partial charge in [0.1, 0.15) is 6.07 Å². The number of nitriles is 1. The first kappa shape index (κ1) is 12.2. The monoisotopic (exact) mass is 288 g/mol. The van der Waals surface area contributed by atoms with E-state index in [-0.39, 0.29) is 4.90 Å². The van der Waals surface area contributed by atoms with Gasteiger partial charge in [-0.2, -0.15) is 5.26 Å². The summed E-state index contributed by atoms with van der Waals surface area (Å²) in [6.45, 7) is 0. The zero-order valence-electron chi connectivity index (χ0n) is 8.23. The van der Waals surface area contributed by atoms with Gasteiger partial charge in [0, 0.05) is 18.6 Å². The van der Waals surface area contributed by atoms with Gasteiger partial charge >= 0.3 is 0 Å². The molecular weight excluding hydrogens is 280 g/mol. The summed E-state index contributed by atoms with van der Waals surface area (Å²) < 4.78 is 25.0. The number of hydrogen-bond acceptors (Lipinski definition) is 3. The Hall–Kier alpha value is -0.900. The number of halogens is 1. The van der Waals surface area contributed by atoms with E-state index in [0.717, 1.165) is 4.31 Å². The fraction of sp³-hybridized carbons (Fsp3) is 0.222. The molecule has 1 aromatic rings. The summed E-state index contributed by atoms with van der Waals surface area (Å²) in [6, 6.07) is 6.26. The van der Waals surface area contributed by atoms with Crippen molar-refractivity contribution in [3.05, 3.63) is 28.2 Å². The Kier molecular flexibility index (Phi) is 3.50. The molecule has 0 amide bonds. The van der Waals surface area contributed by atoms with Crippen molar-refractivity contribution in [3.63, 3.8) is 0 Å². The molecule has 15 heavy (non-hydrogen) atoms. The van der Waals surface area contributed by atoms with Gasteiger partial charge in [0.25, 0.3) is 0 Å². The van der Waals surface area contributed by atoms with E-state index in [0.29, 0.717) is 10.0 Å². The maximum Gasteiger partial charge on any atom is 0.242 e. The van der Waals surface area contributed by atoms with E-state index >= 15 is 0 Å². The van der Waals surface area contributed by atoms with Gasteiger partial charge in [-0.25, -0.2) is 12.7 Å². The summed E-state index contributed by atoms with van der Waals surface area (Å²) in [7, 11) is -0.511. The van der Waals surface area contributed by atoms with Crippen molar-refractivity contribution in [2.45, 2.75) is 4.90 Å². The Balaban J connectivity index is 3.33. The summed E-state index contributed by atoms with van der Waals surface area (Å²) >= 11 is 3.14. The zero-order valence-corrected chi connectivity index (χ0v) is 10.6. The minimum atomic E-state index is -3.43. The largest absolute Gasteiger partial charge is 0.242 e. The number of nitrogens with zero attached hydrogens (tertiary/aromatic N) is 2. The second-order valence-corrected chi connectivity index (χ2v) is 6.05. The molecule has 0 atom stereocenters. The van der Waals surface area contributed by atoms with Gasteiger partial charge in [0.05, 0.1) is 10.5 Å². The highest BCUT2D eigenvalue weighted by atomic mass is 79.9. The summed E-state index contributed by atoms with van der Waals surface area (Å²) in [5.41, 5.74) is 0.410. The van der Waals surface area contributed by atoms with Crippen molar-refractivity contribution < 1.29 is 8.42 Å². The molecule has 6 heteroatoms. The highest BCUT2D eigenvalue weighted by Crippen LogP contribution is 2.22. The third kappa shape index (κ3) is 2.37. The van der Waals surface area contributed by atoms with E-state index in [9.17, 15) is 8.42 Å². The van der Waals surface area contributed by atoms with Crippen molar-refractivity contribution in [3.8, 4) is 6.07 Å². The maximum absolute atomic E-state index is 11.7. The lowest BCUT2D eigenvalue weighted by Gasteiger charge is -2.11. The molecule has 0 saturated carbocycles. The van der Waals surface area contributed by atoms with E-state index in [4.69, 9.17) is 5.26 Å². The van der Waals surface area contributed by atoms with Gasteiger partial charge in [0.2, 0.25) is 10.0 Å². The molecule has 0 aliphatic rings. The topological polar surface area (TPSA) is 61.2 Å². The molecule has 0 unspecified atom stereocenters. The van der Waals surface area contributed by atoms with Crippen LogP contribution < -0.4 is 0 Å². The molecule has 0 spiro atoms. The predicted octanol–water partition coefficient (Wildman–Crippen LogP) is 1.57. The Bertz CT molecular complexity index is 517. The number of hydrogen-bond donors (Lipinski definition) is 0. The summed E-state index contributed by atoms with van der Waals surface area (Å²) in [5.74, 6) is 0. The molecule has 0 heterocycles. The maximum atomic E-state index is 11.7. The molecule has 4 nitrogen and oxygen atoms in total. The molecule has 0 aromatic heterocycles. The second-order valence-electron chi connectivity index (χ2n) is 3.04. The number of benzene rings is 1. The van der Waals surface area contributed by atoms with Crippen LogP contribution in [0.3, 0.4) is 0 Å². The average molecular weight is 289 g/mol. The molecule has 0 fully saturated rings. The third-order valence-corrected chi connectivity index (χ3v) is 4.31. The minimum absolute atomic E-state index is 0.165. The van der Waals surface area contributed by atoms with Gasteiger partial charge in [-0.1, -0.05) is 0 Å². The quantitative estimate of drug-likeness (QED) is 0.830. The second kappa shape index (κ2) is 4.31. The first-order valence-electron chi connectivity index (χ1n) is 4.02. The Morgan fingerprint density at radius 1 is 1.40 bits per heavy atom. The van der Waals surface area contributed by atoms with Crippen molar-refractivity contribution in [1.29, 1.82) is 5.26 Å². The van der Waals surface area contributed by atoms with Crippen molar-refractivity contribution >= 4 is 26.0 Å². The molecule has 0 radical (unpaired) electrons. The van der Waals surface area contributed by atoms with Crippen LogP contribution in [0.25, 0.3) is 0 Å². The standard InChI is InChI=1S/C9H9BrN2O2S/c1-12(2)15(13,14)8-4-3-7(6-11)9(10)5-8/h3-5H,1-2H3. The van der Waals surface area contributed by atoms with Crippen LogP contribution in [-0.2, 0) is 10.0 Å². The lowest BCUT2D eigenvalue weighted by atomic mass is 10.2. The summed E-state index contributed by atoms with van der Waals surface area (Å²) in [5, 5.41) is 8.68. The summed E-state index contributed by atoms with van der Waals surface area (Å²) in [4.78, 5) is 0.165. The molecule has 0 N–H and O–H groups in total. The fourth-order valence-electron chi connectivity index (χ4n) is 0.958. The lowest BCUT2D eigenvalue weighted by Crippen LogP contribution is -2.22. The van der Waals surface area contributed by atoms with Crippen LogP contribution in [0.15, 0.2) is 27.6 Å². The van der Waals surface area contributed by atoms with Gasteiger partial charge in [-0.05, 0) is 34.1 Å². The molecule has 0 saturated heterocycles. The SMILES string of the molecule is CN(C)S(=O)(=O)c1ccc(C#N)c(Br)c1. The molecular formula is C9H9BrN2O2S. The number of sulfonamides is 1. The molecule has 0 aliphatic carbocycles. The van der Waals surface area contributed by atoms with Crippen LogP contribution in [0.2, 0.25) is 0 Å². The molecule has 0 aliphatic heterocycles. The van der Waals surface area contributed by atoms with Crippen LogP contribution in [0, 0.1) is 11.3 Å². The van der Waals surface area contributed by atoms with Crippen LogP contribution >= 0.6 is 15.9 Å². The molecule has 0 bridgehead atoms. The van der Waals surface area contributed by atoms with Crippen LogP contribution in [0.5, 0.6) is 0 Å². The minimum Gasteiger partial charge on any atom is -0.207 e. The molecule has 80 valence electrons. The predicted molar refractivity (Wildman–Crippen MR) is 59.7 cm³/mol. The Morgan fingerprint density at radius 2 is 2.00 bits per heavy atom. The first-order valence-corrected chi connectivity index (χ1v) is 6.25. The zero-order chi connectivity index (χ0) is 11.6. The van der Waals surface area contributed by atoms with Gasteiger partial charge in [0.15, 0.2) is 0 Å². The van der Waals surface area contributed by atoms with E-state index in [1.54, 1.807) is 0 Å². The number of rotatable bonds is 2. The Labute approximate surface area is 97.3 Å². The normalized spacial score (nSPS) is 11.4. The van der Waals surface area contributed by atoms with Crippen molar-refractivity contribution in [1.82, 2.24) is 4.31 Å². The van der Waals surface area contributed by atoms with Crippen molar-refractivity contribution in [2.75, 3.05) is 14.1 Å². The smallest absolute Gasteiger partial charge is 0.207 e. The van der Waals surface area contributed by atoms with Crippen LogP contribution in [0.1, 0.15) is 5.56 Å². The van der Waals surface area contributed by atoms with E-state index in [1.807, 2.05) is 6.07 Å². The van der Waals surface area contributed by atoms with E-state index in [2.05, 4.69) is 15.9 Å². The molecule has 1 aromatic carbocycles. The first-order chi connectivity index (χ1) is 6.89. The third-order valence-electron chi connectivity index (χ3n) is 1.84. The van der Waals surface area contributed by atoms with E-state index in [1.165, 1.54) is 32.3 Å². The Morgan fingerprint density at radius 3 is 2.40 bits per heavy atom. The fourth-order valence-corrected chi connectivity index (χ4v) is 2.51. The van der Waals surface area contributed by atoms with Gasteiger partial charge in [-0.3, -0.25) is 0 Å². The van der Waals surface area contributed by atoms with E-state index < -0.39 is 10.0 Å².